The van der Waals surface area contributed by atoms with Crippen LogP contribution in [0.5, 0.6) is 0 Å². The lowest BCUT2D eigenvalue weighted by Crippen LogP contribution is -2.33. The zero-order valence-corrected chi connectivity index (χ0v) is 23.3. The average molecular weight is 554 g/mol. The lowest BCUT2D eigenvalue weighted by atomic mass is 10.1. The zero-order chi connectivity index (χ0) is 27.1. The van der Waals surface area contributed by atoms with E-state index >= 15 is 0 Å². The molecule has 3 aromatic carbocycles. The van der Waals surface area contributed by atoms with E-state index in [1.54, 1.807) is 24.3 Å². The molecule has 0 radical (unpaired) electrons. The number of hydrogen-bond donors (Lipinski definition) is 0. The lowest BCUT2D eigenvalue weighted by Gasteiger charge is -2.23. The van der Waals surface area contributed by atoms with Gasteiger partial charge in [0.2, 0.25) is 10.0 Å². The molecular formula is C29H32FN3O3S2. The maximum atomic E-state index is 14.4. The Morgan fingerprint density at radius 2 is 1.55 bits per heavy atom. The minimum Gasteiger partial charge on any atom is -0.279 e. The summed E-state index contributed by atoms with van der Waals surface area (Å²) in [6.07, 6.45) is 3.38. The highest BCUT2D eigenvalue weighted by molar-refractivity contribution is 7.89. The summed E-state index contributed by atoms with van der Waals surface area (Å²) in [5.74, 6) is -0.784. The van der Waals surface area contributed by atoms with Gasteiger partial charge < -0.3 is 0 Å². The van der Waals surface area contributed by atoms with Crippen molar-refractivity contribution in [2.45, 2.75) is 51.0 Å². The first kappa shape index (κ1) is 27.9. The number of halogens is 1. The van der Waals surface area contributed by atoms with E-state index in [2.05, 4.69) is 4.98 Å². The second-order valence-corrected chi connectivity index (χ2v) is 12.0. The Morgan fingerprint density at radius 3 is 2.16 bits per heavy atom. The molecule has 0 aliphatic carbocycles. The monoisotopic (exact) mass is 553 g/mol. The molecule has 1 heterocycles. The van der Waals surface area contributed by atoms with Gasteiger partial charge in [-0.1, -0.05) is 74.4 Å². The fraction of sp³-hybridized carbons (Fsp3) is 0.310. The van der Waals surface area contributed by atoms with Crippen LogP contribution in [-0.4, -0.2) is 36.7 Å². The molecule has 4 rings (SSSR count). The predicted molar refractivity (Wildman–Crippen MR) is 152 cm³/mol. The number of benzene rings is 3. The van der Waals surface area contributed by atoms with Crippen LogP contribution < -0.4 is 4.90 Å². The zero-order valence-electron chi connectivity index (χ0n) is 21.6. The molecule has 0 N–H and O–H groups in total. The third kappa shape index (κ3) is 6.28. The highest BCUT2D eigenvalue weighted by atomic mass is 32.2. The second-order valence-electron chi connectivity index (χ2n) is 9.10. The van der Waals surface area contributed by atoms with Gasteiger partial charge in [0.25, 0.3) is 5.91 Å². The van der Waals surface area contributed by atoms with Crippen LogP contribution in [-0.2, 0) is 16.6 Å². The fourth-order valence-corrected chi connectivity index (χ4v) is 6.60. The second kappa shape index (κ2) is 12.6. The number of rotatable bonds is 12. The molecule has 38 heavy (non-hydrogen) atoms. The van der Waals surface area contributed by atoms with E-state index in [1.165, 1.54) is 38.7 Å². The van der Waals surface area contributed by atoms with Gasteiger partial charge in [-0.3, -0.25) is 9.69 Å². The molecular weight excluding hydrogens is 521 g/mol. The number of fused-ring (bicyclic) bond motifs is 1. The number of nitrogens with zero attached hydrogens (tertiary/aromatic N) is 3. The maximum absolute atomic E-state index is 14.4. The van der Waals surface area contributed by atoms with Crippen LogP contribution in [0, 0.1) is 5.82 Å². The van der Waals surface area contributed by atoms with E-state index in [9.17, 15) is 17.6 Å². The quantitative estimate of drug-likeness (QED) is 0.192. The number of aromatic nitrogens is 1. The summed E-state index contributed by atoms with van der Waals surface area (Å²) in [5.41, 5.74) is 1.44. The number of anilines is 1. The summed E-state index contributed by atoms with van der Waals surface area (Å²) in [7, 11) is -3.67. The van der Waals surface area contributed by atoms with Crippen molar-refractivity contribution < 1.29 is 17.6 Å². The van der Waals surface area contributed by atoms with E-state index in [4.69, 9.17) is 0 Å². The van der Waals surface area contributed by atoms with E-state index in [-0.39, 0.29) is 22.9 Å². The average Bonchev–Trinajstić information content (AvgIpc) is 3.37. The van der Waals surface area contributed by atoms with Crippen molar-refractivity contribution in [1.82, 2.24) is 9.29 Å². The summed E-state index contributed by atoms with van der Waals surface area (Å²) >= 11 is 1.24. The molecule has 0 bridgehead atoms. The van der Waals surface area contributed by atoms with Gasteiger partial charge >= 0.3 is 0 Å². The molecule has 0 aliphatic rings. The topological polar surface area (TPSA) is 70.6 Å². The molecule has 0 fully saturated rings. The van der Waals surface area contributed by atoms with Gasteiger partial charge in [-0.05, 0) is 54.8 Å². The van der Waals surface area contributed by atoms with E-state index < -0.39 is 15.8 Å². The Kier molecular flexibility index (Phi) is 9.25. The minimum absolute atomic E-state index is 0.165. The van der Waals surface area contributed by atoms with Gasteiger partial charge in [-0.15, -0.1) is 0 Å². The Labute approximate surface area is 227 Å². The van der Waals surface area contributed by atoms with Crippen LogP contribution >= 0.6 is 11.3 Å². The fourth-order valence-electron chi connectivity index (χ4n) is 4.11. The molecule has 0 atom stereocenters. The normalized spacial score (nSPS) is 11.8. The molecule has 200 valence electrons. The van der Waals surface area contributed by atoms with Crippen molar-refractivity contribution in [1.29, 1.82) is 0 Å². The summed E-state index contributed by atoms with van der Waals surface area (Å²) < 4.78 is 43.2. The summed E-state index contributed by atoms with van der Waals surface area (Å²) in [4.78, 5) is 19.8. The third-order valence-corrected chi connectivity index (χ3v) is 9.24. The van der Waals surface area contributed by atoms with Gasteiger partial charge in [-0.25, -0.2) is 17.8 Å². The number of unbranched alkanes of at least 4 members (excludes halogenated alkanes) is 2. The number of hydrogen-bond acceptors (Lipinski definition) is 5. The number of sulfonamides is 1. The van der Waals surface area contributed by atoms with E-state index in [0.717, 1.165) is 31.2 Å². The summed E-state index contributed by atoms with van der Waals surface area (Å²) in [6, 6.07) is 20.3. The molecule has 6 nitrogen and oxygen atoms in total. The smallest absolute Gasteiger partial charge is 0.260 e. The highest BCUT2D eigenvalue weighted by Gasteiger charge is 2.26. The molecule has 0 saturated carbocycles. The first-order valence-electron chi connectivity index (χ1n) is 12.9. The summed E-state index contributed by atoms with van der Waals surface area (Å²) in [5, 5.41) is 0.376. The minimum atomic E-state index is -3.67. The van der Waals surface area contributed by atoms with Gasteiger partial charge in [0.05, 0.1) is 16.1 Å². The Morgan fingerprint density at radius 1 is 0.895 bits per heavy atom. The van der Waals surface area contributed by atoms with Gasteiger partial charge in [0.15, 0.2) is 5.13 Å². The first-order valence-corrected chi connectivity index (χ1v) is 15.1. The third-order valence-electron chi connectivity index (χ3n) is 6.28. The molecule has 0 aliphatic heterocycles. The number of para-hydroxylation sites is 1. The predicted octanol–water partition coefficient (Wildman–Crippen LogP) is 6.87. The van der Waals surface area contributed by atoms with Gasteiger partial charge in [0, 0.05) is 18.7 Å². The lowest BCUT2D eigenvalue weighted by molar-refractivity contribution is 0.0985. The molecule has 0 unspecified atom stereocenters. The maximum Gasteiger partial charge on any atom is 0.260 e. The van der Waals surface area contributed by atoms with Crippen LogP contribution in [0.1, 0.15) is 55.5 Å². The first-order chi connectivity index (χ1) is 18.3. The molecule has 0 spiro atoms. The van der Waals surface area contributed by atoms with Gasteiger partial charge in [-0.2, -0.15) is 4.31 Å². The standard InChI is InChI=1S/C29H32FN3O3S2/c1-3-5-19-32(20-6-4-2)38(35,36)24-17-15-23(16-18-24)28(34)33(21-22-11-8-7-9-12-22)29-31-27-25(30)13-10-14-26(27)37-29/h7-18H,3-6,19-21H2,1-2H3. The van der Waals surface area contributed by atoms with Crippen molar-refractivity contribution in [2.75, 3.05) is 18.0 Å². The Balaban J connectivity index is 1.65. The number of thiazole rings is 1. The summed E-state index contributed by atoms with van der Waals surface area (Å²) in [6.45, 7) is 5.25. The van der Waals surface area contributed by atoms with Crippen LogP contribution in [0.15, 0.2) is 77.7 Å². The van der Waals surface area contributed by atoms with Crippen molar-refractivity contribution >= 4 is 42.6 Å². The highest BCUT2D eigenvalue weighted by Crippen LogP contribution is 2.32. The molecule has 1 aromatic heterocycles. The van der Waals surface area contributed by atoms with Crippen LogP contribution in [0.2, 0.25) is 0 Å². The van der Waals surface area contributed by atoms with Crippen LogP contribution in [0.4, 0.5) is 9.52 Å². The van der Waals surface area contributed by atoms with Crippen molar-refractivity contribution in [3.05, 3.63) is 89.7 Å². The van der Waals surface area contributed by atoms with Crippen molar-refractivity contribution in [2.24, 2.45) is 0 Å². The van der Waals surface area contributed by atoms with E-state index in [0.29, 0.717) is 28.5 Å². The Bertz CT molecular complexity index is 1460. The van der Waals surface area contributed by atoms with Crippen LogP contribution in [0.3, 0.4) is 0 Å². The molecule has 0 saturated heterocycles. The largest absolute Gasteiger partial charge is 0.279 e. The van der Waals surface area contributed by atoms with Gasteiger partial charge in [0.1, 0.15) is 11.3 Å². The SMILES string of the molecule is CCCCN(CCCC)S(=O)(=O)c1ccc(C(=O)N(Cc2ccccc2)c2nc3c(F)cccc3s2)cc1. The number of amides is 1. The van der Waals surface area contributed by atoms with Crippen molar-refractivity contribution in [3.63, 3.8) is 0 Å². The molecule has 1 amide bonds. The van der Waals surface area contributed by atoms with Crippen LogP contribution in [0.25, 0.3) is 10.2 Å². The Hall–Kier alpha value is -3.14. The van der Waals surface area contributed by atoms with E-state index in [1.807, 2.05) is 44.2 Å². The number of carbonyl (C=O) groups is 1. The number of carbonyl (C=O) groups excluding carboxylic acids is 1. The molecule has 9 heteroatoms. The van der Waals surface area contributed by atoms with Crippen molar-refractivity contribution in [3.8, 4) is 0 Å². The molecule has 4 aromatic rings.